The highest BCUT2D eigenvalue weighted by atomic mass is 79.9. The van der Waals surface area contributed by atoms with Gasteiger partial charge < -0.3 is 9.15 Å². The first-order valence-corrected chi connectivity index (χ1v) is 11.6. The number of hydrogen-bond donors (Lipinski definition) is 0. The highest BCUT2D eigenvalue weighted by Gasteiger charge is 2.45. The topological polar surface area (TPSA) is 89.7 Å². The van der Waals surface area contributed by atoms with Gasteiger partial charge >= 0.3 is 0 Å². The van der Waals surface area contributed by atoms with E-state index in [1.54, 1.807) is 50.4 Å². The maximum atomic E-state index is 13.7. The summed E-state index contributed by atoms with van der Waals surface area (Å²) in [4.78, 5) is 45.7. The van der Waals surface area contributed by atoms with Crippen molar-refractivity contribution in [2.45, 2.75) is 19.9 Å². The molecule has 1 aliphatic heterocycles. The molecule has 4 aromatic rings. The van der Waals surface area contributed by atoms with Crippen LogP contribution in [0.1, 0.15) is 50.0 Å². The molecule has 0 radical (unpaired) electrons. The number of ketones is 1. The Balaban J connectivity index is 1.81. The van der Waals surface area contributed by atoms with Crippen LogP contribution in [0.15, 0.2) is 56.1 Å². The Morgan fingerprint density at radius 2 is 2.00 bits per heavy atom. The van der Waals surface area contributed by atoms with Gasteiger partial charge in [0, 0.05) is 11.4 Å². The van der Waals surface area contributed by atoms with Crippen molar-refractivity contribution < 1.29 is 18.7 Å². The lowest BCUT2D eigenvalue weighted by Gasteiger charge is -2.22. The van der Waals surface area contributed by atoms with Crippen LogP contribution in [0, 0.1) is 6.92 Å². The van der Waals surface area contributed by atoms with E-state index in [1.165, 1.54) is 11.8 Å². The summed E-state index contributed by atoms with van der Waals surface area (Å²) in [5, 5.41) is 0.692. The minimum Gasteiger partial charge on any atom is -0.497 e. The van der Waals surface area contributed by atoms with Crippen LogP contribution in [-0.2, 0) is 0 Å². The molecule has 0 saturated carbocycles. The lowest BCUT2D eigenvalue weighted by molar-refractivity contribution is 0.0969. The molecule has 1 unspecified atom stereocenters. The minimum atomic E-state index is -0.785. The quantitative estimate of drug-likeness (QED) is 0.337. The second kappa shape index (κ2) is 7.93. The molecule has 7 nitrogen and oxygen atoms in total. The predicted octanol–water partition coefficient (Wildman–Crippen LogP) is 5.28. The third-order valence-electron chi connectivity index (χ3n) is 5.55. The van der Waals surface area contributed by atoms with E-state index in [-0.39, 0.29) is 22.5 Å². The Labute approximate surface area is 200 Å². The lowest BCUT2D eigenvalue weighted by atomic mass is 9.98. The van der Waals surface area contributed by atoms with E-state index in [9.17, 15) is 14.4 Å². The normalized spacial score (nSPS) is 15.2. The Morgan fingerprint density at radius 3 is 2.70 bits per heavy atom. The van der Waals surface area contributed by atoms with Gasteiger partial charge in [-0.1, -0.05) is 39.4 Å². The van der Waals surface area contributed by atoms with Gasteiger partial charge in [-0.05, 0) is 42.8 Å². The average molecular weight is 525 g/mol. The van der Waals surface area contributed by atoms with E-state index >= 15 is 0 Å². The van der Waals surface area contributed by atoms with Crippen molar-refractivity contribution in [3.63, 3.8) is 0 Å². The van der Waals surface area contributed by atoms with Gasteiger partial charge in [0.2, 0.25) is 5.76 Å². The second-order valence-corrected chi connectivity index (χ2v) is 9.53. The Kier molecular flexibility index (Phi) is 5.18. The highest BCUT2D eigenvalue weighted by molar-refractivity contribution is 9.10. The number of hydrogen-bond acceptors (Lipinski definition) is 7. The highest BCUT2D eigenvalue weighted by Crippen LogP contribution is 2.43. The number of Topliss-reactive ketones (excluding diaryl/α,β-unsaturated/α-hetero) is 1. The van der Waals surface area contributed by atoms with Crippen molar-refractivity contribution in [2.24, 2.45) is 0 Å². The number of thiazole rings is 1. The molecule has 0 aliphatic carbocycles. The monoisotopic (exact) mass is 524 g/mol. The fraction of sp³-hybridized carbons (Fsp3) is 0.167. The van der Waals surface area contributed by atoms with E-state index in [2.05, 4.69) is 20.9 Å². The number of benzene rings is 2. The molecular weight excluding hydrogens is 508 g/mol. The van der Waals surface area contributed by atoms with E-state index in [0.29, 0.717) is 38.0 Å². The number of halogens is 1. The summed E-state index contributed by atoms with van der Waals surface area (Å²) in [5.74, 6) is -0.0624. The maximum absolute atomic E-state index is 13.7. The summed E-state index contributed by atoms with van der Waals surface area (Å²) < 4.78 is 12.1. The number of aromatic nitrogens is 1. The molecule has 0 N–H and O–H groups in total. The summed E-state index contributed by atoms with van der Waals surface area (Å²) in [7, 11) is 1.55. The van der Waals surface area contributed by atoms with Gasteiger partial charge in [0.15, 0.2) is 16.3 Å². The summed E-state index contributed by atoms with van der Waals surface area (Å²) >= 11 is 4.52. The Morgan fingerprint density at radius 1 is 1.21 bits per heavy atom. The molecule has 0 bridgehead atoms. The van der Waals surface area contributed by atoms with E-state index in [0.717, 1.165) is 15.8 Å². The molecule has 0 spiro atoms. The van der Waals surface area contributed by atoms with Gasteiger partial charge in [0.05, 0.1) is 34.7 Å². The molecule has 0 fully saturated rings. The molecule has 2 aromatic carbocycles. The number of amides is 1. The zero-order chi connectivity index (χ0) is 23.4. The smallest absolute Gasteiger partial charge is 0.297 e. The number of carbonyl (C=O) groups is 2. The number of carbonyl (C=O) groups excluding carboxylic acids is 2. The number of aryl methyl sites for hydroxylation is 1. The minimum absolute atomic E-state index is 0.0279. The van der Waals surface area contributed by atoms with E-state index < -0.39 is 11.9 Å². The molecule has 1 amide bonds. The Bertz CT molecular complexity index is 1520. The largest absolute Gasteiger partial charge is 0.497 e. The molecule has 9 heteroatoms. The van der Waals surface area contributed by atoms with Gasteiger partial charge in [0.1, 0.15) is 11.3 Å². The molecule has 0 saturated heterocycles. The van der Waals surface area contributed by atoms with Crippen molar-refractivity contribution >= 4 is 55.1 Å². The van der Waals surface area contributed by atoms with E-state index in [1.807, 2.05) is 6.07 Å². The van der Waals surface area contributed by atoms with Crippen LogP contribution in [0.25, 0.3) is 11.0 Å². The van der Waals surface area contributed by atoms with Crippen molar-refractivity contribution in [2.75, 3.05) is 12.0 Å². The van der Waals surface area contributed by atoms with Crippen LogP contribution in [-0.4, -0.2) is 23.8 Å². The molecule has 2 aromatic heterocycles. The van der Waals surface area contributed by atoms with Gasteiger partial charge in [-0.2, -0.15) is 0 Å². The van der Waals surface area contributed by atoms with Crippen LogP contribution >= 0.6 is 27.3 Å². The number of fused-ring (bicyclic) bond motifs is 2. The van der Waals surface area contributed by atoms with Gasteiger partial charge in [-0.3, -0.25) is 19.3 Å². The third kappa shape index (κ3) is 3.39. The summed E-state index contributed by atoms with van der Waals surface area (Å²) in [6.07, 6.45) is 0. The standard InChI is InChI=1S/C24H17BrN2O5S/c1-11-22(12(2)28)33-24(26-11)27-19(13-5-4-6-15(9-13)31-3)18-20(29)16-10-14(25)7-8-17(16)32-21(18)23(27)30/h4-10,19H,1-3H3. The SMILES string of the molecule is COc1cccc(C2c3c(oc4ccc(Br)cc4c3=O)C(=O)N2c2nc(C)c(C(C)=O)s2)c1. The first-order chi connectivity index (χ1) is 15.8. The number of methoxy groups -OCH3 is 1. The van der Waals surface area contributed by atoms with Gasteiger partial charge in [0.25, 0.3) is 5.91 Å². The third-order valence-corrected chi connectivity index (χ3v) is 7.30. The molecule has 166 valence electrons. The molecule has 1 atom stereocenters. The first kappa shape index (κ1) is 21.5. The molecule has 5 rings (SSSR count). The van der Waals surface area contributed by atoms with Crippen molar-refractivity contribution in [3.05, 3.63) is 84.6 Å². The number of ether oxygens (including phenoxy) is 1. The maximum Gasteiger partial charge on any atom is 0.297 e. The number of nitrogens with zero attached hydrogens (tertiary/aromatic N) is 2. The zero-order valence-electron chi connectivity index (χ0n) is 17.8. The summed E-state index contributed by atoms with van der Waals surface area (Å²) in [6, 6.07) is 11.5. The zero-order valence-corrected chi connectivity index (χ0v) is 20.2. The van der Waals surface area contributed by atoms with Crippen LogP contribution < -0.4 is 15.1 Å². The number of rotatable bonds is 4. The second-order valence-electron chi connectivity index (χ2n) is 7.64. The van der Waals surface area contributed by atoms with Crippen LogP contribution in [0.4, 0.5) is 5.13 Å². The fourth-order valence-corrected chi connectivity index (χ4v) is 5.43. The first-order valence-electron chi connectivity index (χ1n) is 10.0. The number of anilines is 1. The van der Waals surface area contributed by atoms with Crippen LogP contribution in [0.3, 0.4) is 0 Å². The van der Waals surface area contributed by atoms with Crippen LogP contribution in [0.5, 0.6) is 5.75 Å². The van der Waals surface area contributed by atoms with E-state index in [4.69, 9.17) is 9.15 Å². The van der Waals surface area contributed by atoms with Crippen LogP contribution in [0.2, 0.25) is 0 Å². The Hall–Kier alpha value is -3.30. The predicted molar refractivity (Wildman–Crippen MR) is 129 cm³/mol. The molecule has 3 heterocycles. The van der Waals surface area contributed by atoms with Crippen molar-refractivity contribution in [1.29, 1.82) is 0 Å². The van der Waals surface area contributed by atoms with Crippen molar-refractivity contribution in [3.8, 4) is 5.75 Å². The summed E-state index contributed by atoms with van der Waals surface area (Å²) in [5.41, 5.74) is 1.46. The fourth-order valence-electron chi connectivity index (χ4n) is 4.08. The summed E-state index contributed by atoms with van der Waals surface area (Å²) in [6.45, 7) is 3.18. The van der Waals surface area contributed by atoms with Gasteiger partial charge in [-0.25, -0.2) is 4.98 Å². The molecule has 1 aliphatic rings. The van der Waals surface area contributed by atoms with Gasteiger partial charge in [-0.15, -0.1) is 0 Å². The average Bonchev–Trinajstić information content (AvgIpc) is 3.32. The molecule has 33 heavy (non-hydrogen) atoms. The van der Waals surface area contributed by atoms with Crippen molar-refractivity contribution in [1.82, 2.24) is 4.98 Å². The molecular formula is C24H17BrN2O5S. The lowest BCUT2D eigenvalue weighted by Crippen LogP contribution is -2.29.